The Labute approximate surface area is 137 Å². The predicted octanol–water partition coefficient (Wildman–Crippen LogP) is 4.59. The Bertz CT molecular complexity index is 631. The van der Waals surface area contributed by atoms with Gasteiger partial charge in [-0.1, -0.05) is 29.8 Å². The van der Waals surface area contributed by atoms with Crippen LogP contribution in [0.1, 0.15) is 24.2 Å². The number of aliphatic hydroxyl groups is 1. The Balaban J connectivity index is 2.52. The highest BCUT2D eigenvalue weighted by Crippen LogP contribution is 2.40. The fourth-order valence-corrected chi connectivity index (χ4v) is 3.16. The van der Waals surface area contributed by atoms with Crippen molar-refractivity contribution in [1.82, 2.24) is 0 Å². The molecule has 2 aromatic carbocycles. The van der Waals surface area contributed by atoms with Gasteiger partial charge in [0.15, 0.2) is 0 Å². The molecule has 0 radical (unpaired) electrons. The first-order valence-corrected chi connectivity index (χ1v) is 7.68. The van der Waals surface area contributed by atoms with Crippen LogP contribution in [0.15, 0.2) is 40.9 Å². The first-order chi connectivity index (χ1) is 10.1. The Morgan fingerprint density at radius 2 is 1.95 bits per heavy atom. The largest absolute Gasteiger partial charge is 0.495 e. The standard InChI is InChI=1S/C16H16BrClO3/c1-3-21-14-7-5-4-6-11(14)15(19)12-8-10(18)9-13(17)16(12)20-2/h4-9,15,19H,3H2,1-2H3. The summed E-state index contributed by atoms with van der Waals surface area (Å²) in [7, 11) is 1.55. The lowest BCUT2D eigenvalue weighted by molar-refractivity contribution is 0.207. The van der Waals surface area contributed by atoms with Gasteiger partial charge in [0.1, 0.15) is 17.6 Å². The first kappa shape index (κ1) is 16.1. The highest BCUT2D eigenvalue weighted by molar-refractivity contribution is 9.10. The molecule has 0 saturated heterocycles. The van der Waals surface area contributed by atoms with Gasteiger partial charge in [-0.2, -0.15) is 0 Å². The summed E-state index contributed by atoms with van der Waals surface area (Å²) in [5.41, 5.74) is 1.26. The molecular weight excluding hydrogens is 356 g/mol. The second kappa shape index (κ2) is 7.16. The normalized spacial score (nSPS) is 12.0. The quantitative estimate of drug-likeness (QED) is 0.835. The molecule has 0 spiro atoms. The van der Waals surface area contributed by atoms with E-state index < -0.39 is 6.10 Å². The molecule has 0 fully saturated rings. The molecule has 0 aliphatic heterocycles. The molecule has 112 valence electrons. The van der Waals surface area contributed by atoms with Gasteiger partial charge in [-0.05, 0) is 41.1 Å². The average Bonchev–Trinajstić information content (AvgIpc) is 2.47. The van der Waals surface area contributed by atoms with Crippen LogP contribution in [0.5, 0.6) is 11.5 Å². The molecule has 1 unspecified atom stereocenters. The van der Waals surface area contributed by atoms with E-state index in [4.69, 9.17) is 21.1 Å². The predicted molar refractivity (Wildman–Crippen MR) is 87.4 cm³/mol. The van der Waals surface area contributed by atoms with E-state index in [1.807, 2.05) is 31.2 Å². The molecular formula is C16H16BrClO3. The highest BCUT2D eigenvalue weighted by atomic mass is 79.9. The molecule has 0 aliphatic rings. The number of halogens is 2. The van der Waals surface area contributed by atoms with Gasteiger partial charge in [-0.15, -0.1) is 0 Å². The minimum atomic E-state index is -0.891. The number of para-hydroxylation sites is 1. The van der Waals surface area contributed by atoms with Crippen molar-refractivity contribution in [3.63, 3.8) is 0 Å². The van der Waals surface area contributed by atoms with Gasteiger partial charge in [0.05, 0.1) is 18.2 Å². The second-order valence-corrected chi connectivity index (χ2v) is 5.67. The molecule has 2 rings (SSSR count). The number of rotatable bonds is 5. The van der Waals surface area contributed by atoms with Crippen molar-refractivity contribution in [2.24, 2.45) is 0 Å². The van der Waals surface area contributed by atoms with Crippen molar-refractivity contribution in [2.45, 2.75) is 13.0 Å². The summed E-state index contributed by atoms with van der Waals surface area (Å²) in [5.74, 6) is 1.20. The highest BCUT2D eigenvalue weighted by Gasteiger charge is 2.21. The minimum Gasteiger partial charge on any atom is -0.495 e. The van der Waals surface area contributed by atoms with E-state index in [1.54, 1.807) is 19.2 Å². The maximum atomic E-state index is 10.7. The number of aliphatic hydroxyl groups excluding tert-OH is 1. The van der Waals surface area contributed by atoms with Crippen molar-refractivity contribution in [3.05, 3.63) is 57.0 Å². The van der Waals surface area contributed by atoms with Gasteiger partial charge in [0.2, 0.25) is 0 Å². The number of hydrogen-bond acceptors (Lipinski definition) is 3. The van der Waals surface area contributed by atoms with Crippen molar-refractivity contribution >= 4 is 27.5 Å². The smallest absolute Gasteiger partial charge is 0.139 e. The molecule has 1 atom stereocenters. The van der Waals surface area contributed by atoms with Gasteiger partial charge in [0, 0.05) is 16.1 Å². The van der Waals surface area contributed by atoms with Crippen molar-refractivity contribution in [3.8, 4) is 11.5 Å². The van der Waals surface area contributed by atoms with Gasteiger partial charge in [-0.3, -0.25) is 0 Å². The molecule has 5 heteroatoms. The number of methoxy groups -OCH3 is 1. The van der Waals surface area contributed by atoms with Crippen LogP contribution in [-0.4, -0.2) is 18.8 Å². The lowest BCUT2D eigenvalue weighted by Gasteiger charge is -2.19. The number of ether oxygens (including phenoxy) is 2. The summed E-state index contributed by atoms with van der Waals surface area (Å²) < 4.78 is 11.6. The first-order valence-electron chi connectivity index (χ1n) is 6.51. The molecule has 1 N–H and O–H groups in total. The number of benzene rings is 2. The number of hydrogen-bond donors (Lipinski definition) is 1. The zero-order valence-corrected chi connectivity index (χ0v) is 14.1. The summed E-state index contributed by atoms with van der Waals surface area (Å²) in [6.45, 7) is 2.43. The molecule has 0 saturated carbocycles. The van der Waals surface area contributed by atoms with Crippen molar-refractivity contribution in [1.29, 1.82) is 0 Å². The zero-order valence-electron chi connectivity index (χ0n) is 11.8. The summed E-state index contributed by atoms with van der Waals surface area (Å²) in [5, 5.41) is 11.2. The Kier molecular flexibility index (Phi) is 5.51. The fourth-order valence-electron chi connectivity index (χ4n) is 2.16. The van der Waals surface area contributed by atoms with Crippen molar-refractivity contribution in [2.75, 3.05) is 13.7 Å². The lowest BCUT2D eigenvalue weighted by atomic mass is 10.00. The summed E-state index contributed by atoms with van der Waals surface area (Å²) in [6, 6.07) is 10.8. The summed E-state index contributed by atoms with van der Waals surface area (Å²) >= 11 is 9.48. The van der Waals surface area contributed by atoms with E-state index in [2.05, 4.69) is 15.9 Å². The third-order valence-corrected chi connectivity index (χ3v) is 3.86. The van der Waals surface area contributed by atoms with Gasteiger partial charge < -0.3 is 14.6 Å². The van der Waals surface area contributed by atoms with E-state index in [9.17, 15) is 5.11 Å². The van der Waals surface area contributed by atoms with Gasteiger partial charge in [-0.25, -0.2) is 0 Å². The van der Waals surface area contributed by atoms with E-state index in [1.165, 1.54) is 0 Å². The third-order valence-electron chi connectivity index (χ3n) is 3.05. The lowest BCUT2D eigenvalue weighted by Crippen LogP contribution is -2.06. The molecule has 3 nitrogen and oxygen atoms in total. The second-order valence-electron chi connectivity index (χ2n) is 4.38. The van der Waals surface area contributed by atoms with Crippen LogP contribution < -0.4 is 9.47 Å². The van der Waals surface area contributed by atoms with E-state index in [0.717, 1.165) is 0 Å². The average molecular weight is 372 g/mol. The van der Waals surface area contributed by atoms with Crippen LogP contribution in [0, 0.1) is 0 Å². The minimum absolute atomic E-state index is 0.519. The molecule has 0 aromatic heterocycles. The Morgan fingerprint density at radius 3 is 2.62 bits per heavy atom. The zero-order chi connectivity index (χ0) is 15.4. The SMILES string of the molecule is CCOc1ccccc1C(O)c1cc(Cl)cc(Br)c1OC. The summed E-state index contributed by atoms with van der Waals surface area (Å²) in [6.07, 6.45) is -0.891. The van der Waals surface area contributed by atoms with Crippen LogP contribution >= 0.6 is 27.5 Å². The molecule has 0 bridgehead atoms. The molecule has 0 aliphatic carbocycles. The molecule has 0 heterocycles. The monoisotopic (exact) mass is 370 g/mol. The third kappa shape index (κ3) is 3.51. The van der Waals surface area contributed by atoms with E-state index in [0.29, 0.717) is 38.7 Å². The van der Waals surface area contributed by atoms with E-state index in [-0.39, 0.29) is 0 Å². The van der Waals surface area contributed by atoms with Crippen LogP contribution in [-0.2, 0) is 0 Å². The van der Waals surface area contributed by atoms with Crippen LogP contribution in [0.25, 0.3) is 0 Å². The van der Waals surface area contributed by atoms with Gasteiger partial charge >= 0.3 is 0 Å². The maximum absolute atomic E-state index is 10.7. The van der Waals surface area contributed by atoms with Crippen LogP contribution in [0.4, 0.5) is 0 Å². The molecule has 21 heavy (non-hydrogen) atoms. The summed E-state index contributed by atoms with van der Waals surface area (Å²) in [4.78, 5) is 0. The topological polar surface area (TPSA) is 38.7 Å². The van der Waals surface area contributed by atoms with Gasteiger partial charge in [0.25, 0.3) is 0 Å². The van der Waals surface area contributed by atoms with Crippen LogP contribution in [0.3, 0.4) is 0 Å². The van der Waals surface area contributed by atoms with E-state index >= 15 is 0 Å². The maximum Gasteiger partial charge on any atom is 0.139 e. The Hall–Kier alpha value is -1.23. The molecule has 0 amide bonds. The fraction of sp³-hybridized carbons (Fsp3) is 0.250. The van der Waals surface area contributed by atoms with Crippen LogP contribution in [0.2, 0.25) is 5.02 Å². The van der Waals surface area contributed by atoms with Crippen molar-refractivity contribution < 1.29 is 14.6 Å². The molecule has 2 aromatic rings. The Morgan fingerprint density at radius 1 is 1.24 bits per heavy atom.